The van der Waals surface area contributed by atoms with E-state index in [-0.39, 0.29) is 5.41 Å². The van der Waals surface area contributed by atoms with Gasteiger partial charge in [0.2, 0.25) is 0 Å². The van der Waals surface area contributed by atoms with E-state index in [1.165, 1.54) is 6.20 Å². The zero-order chi connectivity index (χ0) is 13.6. The summed E-state index contributed by atoms with van der Waals surface area (Å²) in [6.07, 6.45) is 1.44. The van der Waals surface area contributed by atoms with Crippen LogP contribution in [0, 0.1) is 11.2 Å². The third-order valence-corrected chi connectivity index (χ3v) is 3.40. The van der Waals surface area contributed by atoms with Crippen molar-refractivity contribution >= 4 is 21.6 Å². The van der Waals surface area contributed by atoms with Crippen molar-refractivity contribution in [3.63, 3.8) is 0 Å². The lowest BCUT2D eigenvalue weighted by Crippen LogP contribution is -2.22. The lowest BCUT2D eigenvalue weighted by molar-refractivity contribution is 0.496. The fourth-order valence-electron chi connectivity index (χ4n) is 1.69. The zero-order valence-electron chi connectivity index (χ0n) is 10.2. The topological polar surface area (TPSA) is 79.6 Å². The van der Waals surface area contributed by atoms with Crippen LogP contribution < -0.4 is 0 Å². The summed E-state index contributed by atoms with van der Waals surface area (Å²) in [6, 6.07) is 1.75. The van der Waals surface area contributed by atoms with Crippen molar-refractivity contribution < 1.29 is 13.0 Å². The summed E-state index contributed by atoms with van der Waals surface area (Å²) in [5.41, 5.74) is 2.05. The van der Waals surface area contributed by atoms with Crippen LogP contribution in [-0.2, 0) is 15.5 Å². The van der Waals surface area contributed by atoms with Crippen molar-refractivity contribution in [3.8, 4) is 11.2 Å². The minimum absolute atomic E-state index is 0.238. The van der Waals surface area contributed by atoms with Crippen molar-refractivity contribution in [1.29, 1.82) is 0 Å². The molecule has 0 fully saturated rings. The fraction of sp³-hybridized carbons (Fsp3) is 0.333. The van der Waals surface area contributed by atoms with Crippen molar-refractivity contribution in [2.45, 2.75) is 26.2 Å². The molecule has 0 aromatic carbocycles. The molecule has 0 spiro atoms. The van der Waals surface area contributed by atoms with Crippen LogP contribution in [0.3, 0.4) is 0 Å². The molecule has 1 aromatic rings. The van der Waals surface area contributed by atoms with Gasteiger partial charge in [-0.3, -0.25) is 4.55 Å². The number of fused-ring (bicyclic) bond motifs is 1. The summed E-state index contributed by atoms with van der Waals surface area (Å²) in [6.45, 7) is 5.95. The summed E-state index contributed by atoms with van der Waals surface area (Å²) in [4.78, 5) is 8.48. The predicted molar refractivity (Wildman–Crippen MR) is 68.5 cm³/mol. The van der Waals surface area contributed by atoms with Gasteiger partial charge in [-0.1, -0.05) is 13.8 Å². The summed E-state index contributed by atoms with van der Waals surface area (Å²) in [7, 11) is -4.29. The molecule has 5 nitrogen and oxygen atoms in total. The molecule has 0 saturated carbocycles. The largest absolute Gasteiger partial charge is 0.335 e. The van der Waals surface area contributed by atoms with Gasteiger partial charge in [-0.2, -0.15) is 8.42 Å². The lowest BCUT2D eigenvalue weighted by Gasteiger charge is -2.19. The Morgan fingerprint density at radius 2 is 2.06 bits per heavy atom. The van der Waals surface area contributed by atoms with Crippen molar-refractivity contribution in [3.05, 3.63) is 23.4 Å². The Kier molecular flexibility index (Phi) is 2.76. The van der Waals surface area contributed by atoms with Crippen LogP contribution in [0.25, 0.3) is 0 Å². The van der Waals surface area contributed by atoms with Gasteiger partial charge >= 0.3 is 10.1 Å². The van der Waals surface area contributed by atoms with Crippen LogP contribution in [-0.4, -0.2) is 23.7 Å². The van der Waals surface area contributed by atoms with Crippen LogP contribution in [0.2, 0.25) is 0 Å². The standard InChI is InChI=1S/C12H12N2O3S/c1-8-12(2,3)10-6-9(4-5-18(15,16)17)7-13-11(10)14-8/h6-7H,1-3H3,(H,15,16,17). The first kappa shape index (κ1) is 12.7. The molecule has 18 heavy (non-hydrogen) atoms. The first-order valence-electron chi connectivity index (χ1n) is 5.27. The van der Waals surface area contributed by atoms with Gasteiger partial charge in [0.1, 0.15) is 0 Å². The second-order valence-electron chi connectivity index (χ2n) is 4.62. The molecular formula is C12H12N2O3S. The molecule has 6 heteroatoms. The molecule has 94 valence electrons. The Morgan fingerprint density at radius 3 is 2.67 bits per heavy atom. The summed E-state index contributed by atoms with van der Waals surface area (Å²) in [5.74, 6) is 3.00. The van der Waals surface area contributed by atoms with Gasteiger partial charge in [-0.25, -0.2) is 9.98 Å². The fourth-order valence-corrected chi connectivity index (χ4v) is 1.94. The molecule has 0 radical (unpaired) electrons. The zero-order valence-corrected chi connectivity index (χ0v) is 11.0. The second kappa shape index (κ2) is 3.90. The first-order valence-corrected chi connectivity index (χ1v) is 6.71. The van der Waals surface area contributed by atoms with Gasteiger partial charge in [0, 0.05) is 28.5 Å². The molecule has 0 amide bonds. The molecule has 1 aliphatic heterocycles. The van der Waals surface area contributed by atoms with Crippen molar-refractivity contribution in [1.82, 2.24) is 4.98 Å². The van der Waals surface area contributed by atoms with E-state index in [1.54, 1.807) is 11.3 Å². The molecule has 1 aliphatic rings. The Bertz CT molecular complexity index is 707. The summed E-state index contributed by atoms with van der Waals surface area (Å²) >= 11 is 0. The van der Waals surface area contributed by atoms with E-state index in [2.05, 4.69) is 15.9 Å². The van der Waals surface area contributed by atoms with Crippen LogP contribution in [0.4, 0.5) is 5.82 Å². The number of aliphatic imine (C=N–C) groups is 1. The van der Waals surface area contributed by atoms with Crippen LogP contribution >= 0.6 is 0 Å². The normalized spacial score (nSPS) is 16.6. The third kappa shape index (κ3) is 2.28. The molecule has 0 bridgehead atoms. The minimum Gasteiger partial charge on any atom is -0.276 e. The van der Waals surface area contributed by atoms with Crippen LogP contribution in [0.1, 0.15) is 31.9 Å². The number of rotatable bonds is 0. The van der Waals surface area contributed by atoms with E-state index < -0.39 is 10.1 Å². The smallest absolute Gasteiger partial charge is 0.276 e. The molecule has 0 aliphatic carbocycles. The number of pyridine rings is 1. The van der Waals surface area contributed by atoms with Crippen LogP contribution in [0.5, 0.6) is 0 Å². The minimum atomic E-state index is -4.29. The maximum Gasteiger partial charge on any atom is 0.335 e. The molecule has 1 N–H and O–H groups in total. The Hall–Kier alpha value is -1.71. The van der Waals surface area contributed by atoms with Crippen molar-refractivity contribution in [2.75, 3.05) is 0 Å². The SMILES string of the molecule is CC1=Nc2ncc(C#CS(=O)(=O)O)cc2C1(C)C. The second-order valence-corrected chi connectivity index (χ2v) is 5.77. The van der Waals surface area contributed by atoms with Crippen molar-refractivity contribution in [2.24, 2.45) is 4.99 Å². The van der Waals surface area contributed by atoms with E-state index in [4.69, 9.17) is 4.55 Å². The van der Waals surface area contributed by atoms with Gasteiger partial charge < -0.3 is 0 Å². The monoisotopic (exact) mass is 264 g/mol. The number of hydrogen-bond acceptors (Lipinski definition) is 4. The molecule has 0 saturated heterocycles. The van der Waals surface area contributed by atoms with E-state index in [0.29, 0.717) is 11.4 Å². The van der Waals surface area contributed by atoms with Gasteiger partial charge in [-0.15, -0.1) is 0 Å². The number of hydrogen-bond donors (Lipinski definition) is 1. The van der Waals surface area contributed by atoms with Gasteiger partial charge in [0.25, 0.3) is 0 Å². The van der Waals surface area contributed by atoms with E-state index in [0.717, 1.165) is 11.3 Å². The number of nitrogens with zero attached hydrogens (tertiary/aromatic N) is 2. The molecule has 0 atom stereocenters. The predicted octanol–water partition coefficient (Wildman–Crippen LogP) is 1.66. The molecule has 1 aromatic heterocycles. The Labute approximate surface area is 106 Å². The van der Waals surface area contributed by atoms with E-state index >= 15 is 0 Å². The third-order valence-electron chi connectivity index (χ3n) is 3.04. The highest BCUT2D eigenvalue weighted by Crippen LogP contribution is 2.38. The number of aromatic nitrogens is 1. The summed E-state index contributed by atoms with van der Waals surface area (Å²) in [5, 5.41) is 1.77. The highest BCUT2D eigenvalue weighted by molar-refractivity contribution is 7.90. The summed E-state index contributed by atoms with van der Waals surface area (Å²) < 4.78 is 29.7. The quantitative estimate of drug-likeness (QED) is 0.571. The molecule has 2 heterocycles. The first-order chi connectivity index (χ1) is 8.20. The van der Waals surface area contributed by atoms with E-state index in [9.17, 15) is 8.42 Å². The van der Waals surface area contributed by atoms with Crippen LogP contribution in [0.15, 0.2) is 17.3 Å². The van der Waals surface area contributed by atoms with Gasteiger partial charge in [-0.05, 0) is 18.9 Å². The average molecular weight is 264 g/mol. The highest BCUT2D eigenvalue weighted by atomic mass is 32.2. The maximum absolute atomic E-state index is 10.6. The molecule has 0 unspecified atom stereocenters. The lowest BCUT2D eigenvalue weighted by atomic mass is 9.83. The molecule has 2 rings (SSSR count). The Balaban J connectivity index is 2.49. The highest BCUT2D eigenvalue weighted by Gasteiger charge is 2.33. The maximum atomic E-state index is 10.6. The average Bonchev–Trinajstić information content (AvgIpc) is 2.47. The van der Waals surface area contributed by atoms with Gasteiger partial charge in [0.05, 0.1) is 5.25 Å². The Morgan fingerprint density at radius 1 is 1.39 bits per heavy atom. The van der Waals surface area contributed by atoms with Gasteiger partial charge in [0.15, 0.2) is 5.82 Å². The molecular weight excluding hydrogens is 252 g/mol. The van der Waals surface area contributed by atoms with E-state index in [1.807, 2.05) is 20.8 Å².